The summed E-state index contributed by atoms with van der Waals surface area (Å²) in [6.07, 6.45) is 0. The number of amides is 1. The standard InChI is InChI=1S/C15H15N3O/c1-11(13-8-5-9-14(16)10-13)17-18-15(19)12-6-3-2-4-7-12/h2-10H,16H2,1H3,(H,18,19)/b17-11-. The van der Waals surface area contributed by atoms with Crippen molar-refractivity contribution in [1.82, 2.24) is 5.43 Å². The van der Waals surface area contributed by atoms with Crippen LogP contribution >= 0.6 is 0 Å². The molecule has 0 radical (unpaired) electrons. The van der Waals surface area contributed by atoms with E-state index >= 15 is 0 Å². The van der Waals surface area contributed by atoms with Crippen LogP contribution in [0.25, 0.3) is 0 Å². The number of hydrogen-bond donors (Lipinski definition) is 2. The summed E-state index contributed by atoms with van der Waals surface area (Å²) in [5.74, 6) is -0.233. The van der Waals surface area contributed by atoms with Crippen molar-refractivity contribution in [2.24, 2.45) is 5.10 Å². The van der Waals surface area contributed by atoms with E-state index in [1.165, 1.54) is 0 Å². The summed E-state index contributed by atoms with van der Waals surface area (Å²) < 4.78 is 0. The van der Waals surface area contributed by atoms with Crippen molar-refractivity contribution in [2.45, 2.75) is 6.92 Å². The minimum Gasteiger partial charge on any atom is -0.399 e. The SMILES string of the molecule is C/C(=N/NC(=O)c1ccccc1)c1cccc(N)c1. The normalized spacial score (nSPS) is 11.1. The van der Waals surface area contributed by atoms with E-state index < -0.39 is 0 Å². The average Bonchev–Trinajstić information content (AvgIpc) is 2.45. The van der Waals surface area contributed by atoms with E-state index in [4.69, 9.17) is 5.73 Å². The van der Waals surface area contributed by atoms with Gasteiger partial charge in [0.2, 0.25) is 0 Å². The third-order valence-electron chi connectivity index (χ3n) is 2.67. The first kappa shape index (κ1) is 12.8. The van der Waals surface area contributed by atoms with Gasteiger partial charge < -0.3 is 5.73 Å². The highest BCUT2D eigenvalue weighted by Crippen LogP contribution is 2.07. The second-order valence-electron chi connectivity index (χ2n) is 4.13. The number of nitrogens with one attached hydrogen (secondary N) is 1. The maximum absolute atomic E-state index is 11.8. The molecule has 0 saturated heterocycles. The largest absolute Gasteiger partial charge is 0.399 e. The number of benzene rings is 2. The van der Waals surface area contributed by atoms with Crippen molar-refractivity contribution in [3.63, 3.8) is 0 Å². The molecular weight excluding hydrogens is 238 g/mol. The molecule has 0 bridgehead atoms. The molecule has 2 aromatic carbocycles. The molecule has 3 N–H and O–H groups in total. The number of nitrogens with two attached hydrogens (primary N) is 1. The van der Waals surface area contributed by atoms with Crippen LogP contribution in [0, 0.1) is 0 Å². The van der Waals surface area contributed by atoms with Crippen molar-refractivity contribution in [3.05, 3.63) is 65.7 Å². The summed E-state index contributed by atoms with van der Waals surface area (Å²) in [6, 6.07) is 16.3. The number of hydrazone groups is 1. The van der Waals surface area contributed by atoms with Crippen LogP contribution in [0.4, 0.5) is 5.69 Å². The second-order valence-corrected chi connectivity index (χ2v) is 4.13. The fourth-order valence-electron chi connectivity index (χ4n) is 1.62. The lowest BCUT2D eigenvalue weighted by atomic mass is 10.1. The second kappa shape index (κ2) is 5.82. The number of carbonyl (C=O) groups excluding carboxylic acids is 1. The van der Waals surface area contributed by atoms with Gasteiger partial charge in [-0.3, -0.25) is 4.79 Å². The molecule has 0 aliphatic heterocycles. The molecule has 0 fully saturated rings. The Labute approximate surface area is 112 Å². The van der Waals surface area contributed by atoms with Gasteiger partial charge in [-0.2, -0.15) is 5.10 Å². The maximum Gasteiger partial charge on any atom is 0.271 e. The smallest absolute Gasteiger partial charge is 0.271 e. The molecule has 4 nitrogen and oxygen atoms in total. The third kappa shape index (κ3) is 3.42. The molecule has 0 aromatic heterocycles. The van der Waals surface area contributed by atoms with Crippen LogP contribution in [0.15, 0.2) is 59.7 Å². The molecule has 0 atom stereocenters. The highest BCUT2D eigenvalue weighted by Gasteiger charge is 2.03. The Hall–Kier alpha value is -2.62. The molecule has 0 aliphatic carbocycles. The van der Waals surface area contributed by atoms with Gasteiger partial charge in [-0.15, -0.1) is 0 Å². The third-order valence-corrected chi connectivity index (χ3v) is 2.67. The van der Waals surface area contributed by atoms with Crippen molar-refractivity contribution in [3.8, 4) is 0 Å². The Bertz CT molecular complexity index is 606. The van der Waals surface area contributed by atoms with E-state index in [9.17, 15) is 4.79 Å². The molecule has 2 rings (SSSR count). The van der Waals surface area contributed by atoms with Crippen molar-refractivity contribution >= 4 is 17.3 Å². The monoisotopic (exact) mass is 253 g/mol. The molecule has 19 heavy (non-hydrogen) atoms. The fraction of sp³-hybridized carbons (Fsp3) is 0.0667. The molecule has 2 aromatic rings. The topological polar surface area (TPSA) is 67.5 Å². The minimum atomic E-state index is -0.233. The Morgan fingerprint density at radius 3 is 2.42 bits per heavy atom. The fourth-order valence-corrected chi connectivity index (χ4v) is 1.62. The predicted octanol–water partition coefficient (Wildman–Crippen LogP) is 2.42. The first-order valence-electron chi connectivity index (χ1n) is 5.92. The first-order valence-corrected chi connectivity index (χ1v) is 5.92. The van der Waals surface area contributed by atoms with Gasteiger partial charge in [-0.05, 0) is 36.8 Å². The minimum absolute atomic E-state index is 0.233. The van der Waals surface area contributed by atoms with Crippen LogP contribution in [0.3, 0.4) is 0 Å². The zero-order chi connectivity index (χ0) is 13.7. The summed E-state index contributed by atoms with van der Waals surface area (Å²) in [7, 11) is 0. The number of hydrogen-bond acceptors (Lipinski definition) is 3. The Morgan fingerprint density at radius 1 is 1.05 bits per heavy atom. The van der Waals surface area contributed by atoms with Crippen molar-refractivity contribution in [2.75, 3.05) is 5.73 Å². The number of rotatable bonds is 3. The van der Waals surface area contributed by atoms with Gasteiger partial charge in [0.1, 0.15) is 0 Å². The predicted molar refractivity (Wildman–Crippen MR) is 77.0 cm³/mol. The highest BCUT2D eigenvalue weighted by molar-refractivity contribution is 6.01. The quantitative estimate of drug-likeness (QED) is 0.501. The van der Waals surface area contributed by atoms with Gasteiger partial charge in [-0.1, -0.05) is 30.3 Å². The number of nitrogens with zero attached hydrogens (tertiary/aromatic N) is 1. The van der Waals surface area contributed by atoms with Crippen molar-refractivity contribution < 1.29 is 4.79 Å². The van der Waals surface area contributed by atoms with Crippen LogP contribution in [0.5, 0.6) is 0 Å². The lowest BCUT2D eigenvalue weighted by molar-refractivity contribution is 0.0955. The van der Waals surface area contributed by atoms with E-state index in [2.05, 4.69) is 10.5 Å². The van der Waals surface area contributed by atoms with Gasteiger partial charge in [0.25, 0.3) is 5.91 Å². The molecular formula is C15H15N3O. The van der Waals surface area contributed by atoms with Gasteiger partial charge in [0, 0.05) is 11.3 Å². The van der Waals surface area contributed by atoms with E-state index in [1.54, 1.807) is 18.2 Å². The summed E-state index contributed by atoms with van der Waals surface area (Å²) in [5, 5.41) is 4.07. The molecule has 0 unspecified atom stereocenters. The molecule has 0 heterocycles. The molecule has 1 amide bonds. The van der Waals surface area contributed by atoms with Gasteiger partial charge in [-0.25, -0.2) is 5.43 Å². The molecule has 0 spiro atoms. The van der Waals surface area contributed by atoms with Crippen LogP contribution in [0.1, 0.15) is 22.8 Å². The Kier molecular flexibility index (Phi) is 3.93. The molecule has 0 aliphatic rings. The lowest BCUT2D eigenvalue weighted by Crippen LogP contribution is -2.19. The summed E-state index contributed by atoms with van der Waals surface area (Å²) in [4.78, 5) is 11.8. The van der Waals surface area contributed by atoms with E-state index in [1.807, 2.05) is 43.3 Å². The molecule has 96 valence electrons. The molecule has 4 heteroatoms. The Morgan fingerprint density at radius 2 is 1.74 bits per heavy atom. The zero-order valence-electron chi connectivity index (χ0n) is 10.6. The average molecular weight is 253 g/mol. The number of carbonyl (C=O) groups is 1. The van der Waals surface area contributed by atoms with Crippen molar-refractivity contribution in [1.29, 1.82) is 0 Å². The number of nitrogen functional groups attached to an aromatic ring is 1. The van der Waals surface area contributed by atoms with E-state index in [0.717, 1.165) is 5.56 Å². The van der Waals surface area contributed by atoms with Gasteiger partial charge in [0.15, 0.2) is 0 Å². The summed E-state index contributed by atoms with van der Waals surface area (Å²) in [5.41, 5.74) is 11.1. The van der Waals surface area contributed by atoms with Crippen LogP contribution in [0.2, 0.25) is 0 Å². The van der Waals surface area contributed by atoms with Gasteiger partial charge in [0.05, 0.1) is 5.71 Å². The number of anilines is 1. The summed E-state index contributed by atoms with van der Waals surface area (Å²) >= 11 is 0. The maximum atomic E-state index is 11.8. The van der Waals surface area contributed by atoms with Crippen LogP contribution in [-0.4, -0.2) is 11.6 Å². The highest BCUT2D eigenvalue weighted by atomic mass is 16.2. The Balaban J connectivity index is 2.09. The van der Waals surface area contributed by atoms with E-state index in [0.29, 0.717) is 17.0 Å². The van der Waals surface area contributed by atoms with Crippen LogP contribution < -0.4 is 11.2 Å². The van der Waals surface area contributed by atoms with Crippen LogP contribution in [-0.2, 0) is 0 Å². The first-order chi connectivity index (χ1) is 9.16. The summed E-state index contributed by atoms with van der Waals surface area (Å²) in [6.45, 7) is 1.82. The zero-order valence-corrected chi connectivity index (χ0v) is 10.6. The molecule has 0 saturated carbocycles. The lowest BCUT2D eigenvalue weighted by Gasteiger charge is -2.03. The van der Waals surface area contributed by atoms with E-state index in [-0.39, 0.29) is 5.91 Å². The van der Waals surface area contributed by atoms with Gasteiger partial charge >= 0.3 is 0 Å².